The minimum absolute atomic E-state index is 0.0554. The van der Waals surface area contributed by atoms with Crippen LogP contribution in [0.5, 0.6) is 0 Å². The standard InChI is InChI=1S/C25H30N4O3/c1-20-23(27-25(32-20)22-6-3-2-4-7-22)18-24(30)29(19-21-8-10-26-11-9-21)13-5-12-28-14-16-31-17-15-28/h2-4,6-11H,5,12-19H2,1H3. The number of pyridine rings is 1. The molecule has 1 amide bonds. The molecule has 2 aromatic heterocycles. The summed E-state index contributed by atoms with van der Waals surface area (Å²) in [5.41, 5.74) is 2.68. The van der Waals surface area contributed by atoms with Crippen LogP contribution >= 0.6 is 0 Å². The molecule has 3 heterocycles. The topological polar surface area (TPSA) is 71.7 Å². The van der Waals surface area contributed by atoms with Gasteiger partial charge in [-0.3, -0.25) is 14.7 Å². The SMILES string of the molecule is Cc1oc(-c2ccccc2)nc1CC(=O)N(CCCN1CCOCC1)Cc1ccncc1. The van der Waals surface area contributed by atoms with Gasteiger partial charge in [0.2, 0.25) is 11.8 Å². The van der Waals surface area contributed by atoms with Crippen LogP contribution in [-0.4, -0.2) is 65.1 Å². The van der Waals surface area contributed by atoms with Gasteiger partial charge in [-0.25, -0.2) is 4.98 Å². The van der Waals surface area contributed by atoms with E-state index in [2.05, 4.69) is 14.9 Å². The number of morpholine rings is 1. The molecular formula is C25H30N4O3. The molecule has 0 aliphatic carbocycles. The van der Waals surface area contributed by atoms with E-state index in [1.165, 1.54) is 0 Å². The molecule has 7 heteroatoms. The zero-order valence-electron chi connectivity index (χ0n) is 18.6. The van der Waals surface area contributed by atoms with Crippen LogP contribution in [0.2, 0.25) is 0 Å². The van der Waals surface area contributed by atoms with Gasteiger partial charge in [-0.1, -0.05) is 18.2 Å². The number of benzene rings is 1. The Morgan fingerprint density at radius 3 is 2.59 bits per heavy atom. The van der Waals surface area contributed by atoms with E-state index in [-0.39, 0.29) is 12.3 Å². The molecule has 1 aliphatic rings. The van der Waals surface area contributed by atoms with Crippen molar-refractivity contribution in [3.63, 3.8) is 0 Å². The van der Waals surface area contributed by atoms with Crippen molar-refractivity contribution in [2.24, 2.45) is 0 Å². The molecule has 0 atom stereocenters. The molecule has 168 valence electrons. The van der Waals surface area contributed by atoms with Gasteiger partial charge >= 0.3 is 0 Å². The van der Waals surface area contributed by atoms with Crippen LogP contribution in [0.3, 0.4) is 0 Å². The Kier molecular flexibility index (Phi) is 7.64. The number of carbonyl (C=O) groups is 1. The third-order valence-electron chi connectivity index (χ3n) is 5.71. The summed E-state index contributed by atoms with van der Waals surface area (Å²) in [4.78, 5) is 26.3. The van der Waals surface area contributed by atoms with Gasteiger partial charge in [0.05, 0.1) is 25.3 Å². The van der Waals surface area contributed by atoms with Crippen molar-refractivity contribution in [1.82, 2.24) is 19.8 Å². The Morgan fingerprint density at radius 1 is 1.09 bits per heavy atom. The smallest absolute Gasteiger partial charge is 0.229 e. The first-order chi connectivity index (χ1) is 15.7. The number of aromatic nitrogens is 2. The van der Waals surface area contributed by atoms with Crippen molar-refractivity contribution in [1.29, 1.82) is 0 Å². The van der Waals surface area contributed by atoms with E-state index >= 15 is 0 Å². The molecule has 3 aromatic rings. The first-order valence-corrected chi connectivity index (χ1v) is 11.2. The van der Waals surface area contributed by atoms with Crippen molar-refractivity contribution in [2.75, 3.05) is 39.4 Å². The van der Waals surface area contributed by atoms with Crippen molar-refractivity contribution in [3.05, 3.63) is 71.9 Å². The zero-order valence-corrected chi connectivity index (χ0v) is 18.6. The fourth-order valence-electron chi connectivity index (χ4n) is 3.86. The van der Waals surface area contributed by atoms with Crippen LogP contribution in [0.1, 0.15) is 23.4 Å². The van der Waals surface area contributed by atoms with E-state index in [1.54, 1.807) is 12.4 Å². The lowest BCUT2D eigenvalue weighted by atomic mass is 10.2. The lowest BCUT2D eigenvalue weighted by Crippen LogP contribution is -2.39. The number of hydrogen-bond donors (Lipinski definition) is 0. The first-order valence-electron chi connectivity index (χ1n) is 11.2. The second kappa shape index (κ2) is 11.0. The van der Waals surface area contributed by atoms with E-state index in [0.29, 0.717) is 30.4 Å². The van der Waals surface area contributed by atoms with Crippen LogP contribution in [0.4, 0.5) is 0 Å². The van der Waals surface area contributed by atoms with Gasteiger partial charge in [-0.05, 0) is 43.2 Å². The molecule has 0 bridgehead atoms. The second-order valence-electron chi connectivity index (χ2n) is 8.04. The maximum atomic E-state index is 13.3. The number of oxazole rings is 1. The highest BCUT2D eigenvalue weighted by Gasteiger charge is 2.20. The summed E-state index contributed by atoms with van der Waals surface area (Å²) in [6, 6.07) is 13.7. The Balaban J connectivity index is 1.42. The van der Waals surface area contributed by atoms with Gasteiger partial charge in [0.25, 0.3) is 0 Å². The van der Waals surface area contributed by atoms with E-state index in [1.807, 2.05) is 54.3 Å². The van der Waals surface area contributed by atoms with Gasteiger partial charge < -0.3 is 14.1 Å². The molecule has 7 nitrogen and oxygen atoms in total. The lowest BCUT2D eigenvalue weighted by molar-refractivity contribution is -0.131. The fraction of sp³-hybridized carbons (Fsp3) is 0.400. The minimum Gasteiger partial charge on any atom is -0.441 e. The molecule has 0 spiro atoms. The van der Waals surface area contributed by atoms with E-state index in [9.17, 15) is 4.79 Å². The summed E-state index contributed by atoms with van der Waals surface area (Å²) in [6.07, 6.45) is 4.67. The van der Waals surface area contributed by atoms with E-state index in [4.69, 9.17) is 9.15 Å². The van der Waals surface area contributed by atoms with Gasteiger partial charge in [0, 0.05) is 50.7 Å². The molecule has 0 N–H and O–H groups in total. The van der Waals surface area contributed by atoms with Gasteiger partial charge in [0.15, 0.2) is 0 Å². The lowest BCUT2D eigenvalue weighted by Gasteiger charge is -2.28. The van der Waals surface area contributed by atoms with Crippen molar-refractivity contribution in [2.45, 2.75) is 26.3 Å². The van der Waals surface area contributed by atoms with Crippen molar-refractivity contribution in [3.8, 4) is 11.5 Å². The number of aryl methyl sites for hydroxylation is 1. The van der Waals surface area contributed by atoms with Crippen molar-refractivity contribution < 1.29 is 13.9 Å². The predicted molar refractivity (Wildman–Crippen MR) is 122 cm³/mol. The molecule has 32 heavy (non-hydrogen) atoms. The van der Waals surface area contributed by atoms with Gasteiger partial charge in [-0.2, -0.15) is 0 Å². The summed E-state index contributed by atoms with van der Waals surface area (Å²) in [7, 11) is 0. The van der Waals surface area contributed by atoms with Crippen LogP contribution in [0, 0.1) is 6.92 Å². The Hall–Kier alpha value is -3.03. The molecular weight excluding hydrogens is 404 g/mol. The molecule has 1 saturated heterocycles. The van der Waals surface area contributed by atoms with Crippen LogP contribution in [0.15, 0.2) is 59.3 Å². The third kappa shape index (κ3) is 6.02. The monoisotopic (exact) mass is 434 g/mol. The number of nitrogens with zero attached hydrogens (tertiary/aromatic N) is 4. The predicted octanol–water partition coefficient (Wildman–Crippen LogP) is 3.34. The van der Waals surface area contributed by atoms with E-state index < -0.39 is 0 Å². The summed E-state index contributed by atoms with van der Waals surface area (Å²) >= 11 is 0. The number of carbonyl (C=O) groups excluding carboxylic acids is 1. The fourth-order valence-corrected chi connectivity index (χ4v) is 3.86. The molecule has 4 rings (SSSR count). The second-order valence-corrected chi connectivity index (χ2v) is 8.04. The van der Waals surface area contributed by atoms with Crippen LogP contribution < -0.4 is 0 Å². The van der Waals surface area contributed by atoms with Gasteiger partial charge in [0.1, 0.15) is 5.76 Å². The molecule has 1 aliphatic heterocycles. The van der Waals surface area contributed by atoms with Crippen molar-refractivity contribution >= 4 is 5.91 Å². The maximum Gasteiger partial charge on any atom is 0.229 e. The normalized spacial score (nSPS) is 14.4. The maximum absolute atomic E-state index is 13.3. The molecule has 0 saturated carbocycles. The largest absolute Gasteiger partial charge is 0.441 e. The zero-order chi connectivity index (χ0) is 22.2. The number of hydrogen-bond acceptors (Lipinski definition) is 6. The average molecular weight is 435 g/mol. The highest BCUT2D eigenvalue weighted by Crippen LogP contribution is 2.22. The highest BCUT2D eigenvalue weighted by atomic mass is 16.5. The summed E-state index contributed by atoms with van der Waals surface area (Å²) < 4.78 is 11.3. The number of amides is 1. The quantitative estimate of drug-likeness (QED) is 0.514. The van der Waals surface area contributed by atoms with Crippen LogP contribution in [-0.2, 0) is 22.5 Å². The first kappa shape index (κ1) is 22.2. The minimum atomic E-state index is 0.0554. The molecule has 0 unspecified atom stereocenters. The molecule has 1 aromatic carbocycles. The Bertz CT molecular complexity index is 985. The van der Waals surface area contributed by atoms with E-state index in [0.717, 1.165) is 50.4 Å². The molecule has 1 fully saturated rings. The molecule has 0 radical (unpaired) electrons. The average Bonchev–Trinajstić information content (AvgIpc) is 3.20. The Labute approximate surface area is 189 Å². The van der Waals surface area contributed by atoms with Crippen LogP contribution in [0.25, 0.3) is 11.5 Å². The number of ether oxygens (including phenoxy) is 1. The Morgan fingerprint density at radius 2 is 1.84 bits per heavy atom. The summed E-state index contributed by atoms with van der Waals surface area (Å²) in [5.74, 6) is 1.30. The summed E-state index contributed by atoms with van der Waals surface area (Å²) in [5, 5.41) is 0. The third-order valence-corrected chi connectivity index (χ3v) is 5.71. The number of rotatable bonds is 9. The highest BCUT2D eigenvalue weighted by molar-refractivity contribution is 5.78. The van der Waals surface area contributed by atoms with Gasteiger partial charge in [-0.15, -0.1) is 0 Å². The summed E-state index contributed by atoms with van der Waals surface area (Å²) in [6.45, 7) is 7.58.